The molecule has 3 aliphatic carbocycles. The zero-order chi connectivity index (χ0) is 17.4. The molecular weight excluding hydrogens is 318 g/mol. The third-order valence-electron chi connectivity index (χ3n) is 7.17. The summed E-state index contributed by atoms with van der Waals surface area (Å²) >= 11 is 0. The first-order chi connectivity index (χ1) is 11.7. The Morgan fingerprint density at radius 1 is 0.667 bits per heavy atom. The van der Waals surface area contributed by atoms with Gasteiger partial charge < -0.3 is 5.11 Å². The molecule has 0 saturated heterocycles. The molecule has 0 aromatic carbocycles. The lowest BCUT2D eigenvalue weighted by atomic mass is 9.69. The van der Waals surface area contributed by atoms with E-state index in [2.05, 4.69) is 9.24 Å². The van der Waals surface area contributed by atoms with E-state index in [1.165, 1.54) is 77.0 Å². The molecule has 3 rings (SSSR count). The number of alkyl halides is 1. The first-order valence-electron chi connectivity index (χ1n) is 10.5. The molecule has 24 heavy (non-hydrogen) atoms. The fraction of sp³-hybridized carbons (Fsp3) is 1.00. The van der Waals surface area contributed by atoms with E-state index >= 15 is 0 Å². The van der Waals surface area contributed by atoms with Crippen LogP contribution in [-0.2, 0) is 0 Å². The molecule has 1 nitrogen and oxygen atoms in total. The fourth-order valence-corrected chi connectivity index (χ4v) is 5.85. The summed E-state index contributed by atoms with van der Waals surface area (Å²) < 4.78 is 9.50. The molecule has 0 bridgehead atoms. The van der Waals surface area contributed by atoms with E-state index in [1.807, 2.05) is 0 Å². The molecule has 1 N–H and O–H groups in total. The third-order valence-corrected chi connectivity index (χ3v) is 7.84. The van der Waals surface area contributed by atoms with Gasteiger partial charge in [0.2, 0.25) is 0 Å². The van der Waals surface area contributed by atoms with E-state index in [1.54, 1.807) is 0 Å². The molecule has 3 saturated carbocycles. The minimum absolute atomic E-state index is 0.0178. The van der Waals surface area contributed by atoms with Gasteiger partial charge in [0.25, 0.3) is 0 Å². The number of rotatable bonds is 4. The maximum absolute atomic E-state index is 9.68. The normalized spacial score (nSPS) is 40.5. The number of hydrogen-bond donors (Lipinski definition) is 1. The first-order valence-corrected chi connectivity index (χ1v) is 11.2. The summed E-state index contributed by atoms with van der Waals surface area (Å²) in [5.74, 6) is 4.03. The van der Waals surface area contributed by atoms with Crippen molar-refractivity contribution in [1.29, 1.82) is 0 Å². The van der Waals surface area contributed by atoms with Gasteiger partial charge in [-0.1, -0.05) is 25.7 Å². The maximum atomic E-state index is 9.68. The van der Waals surface area contributed by atoms with Gasteiger partial charge in [-0.2, -0.15) is 0 Å². The van der Waals surface area contributed by atoms with Gasteiger partial charge >= 0.3 is 0 Å². The predicted octanol–water partition coefficient (Wildman–Crippen LogP) is 6.14. The van der Waals surface area contributed by atoms with Crippen molar-refractivity contribution in [2.75, 3.05) is 7.18 Å². The largest absolute Gasteiger partial charge is 0.393 e. The van der Waals surface area contributed by atoms with Crippen LogP contribution < -0.4 is 0 Å². The highest BCUT2D eigenvalue weighted by Gasteiger charge is 2.30. The molecular formula is C21H40FOP. The molecule has 3 aliphatic rings. The van der Waals surface area contributed by atoms with Gasteiger partial charge in [-0.05, 0) is 93.5 Å². The van der Waals surface area contributed by atoms with Gasteiger partial charge in [-0.15, -0.1) is 9.24 Å². The fourth-order valence-electron chi connectivity index (χ4n) is 5.47. The summed E-state index contributed by atoms with van der Waals surface area (Å²) in [6.45, 7) is 0. The van der Waals surface area contributed by atoms with Crippen molar-refractivity contribution in [3.63, 3.8) is 0 Å². The summed E-state index contributed by atoms with van der Waals surface area (Å²) in [6, 6.07) is 0. The van der Waals surface area contributed by atoms with E-state index in [4.69, 9.17) is 0 Å². The summed E-state index contributed by atoms with van der Waals surface area (Å²) in [4.78, 5) is 0. The highest BCUT2D eigenvalue weighted by Crippen LogP contribution is 2.42. The first kappa shape index (κ1) is 20.6. The average molecular weight is 359 g/mol. The third kappa shape index (κ3) is 6.56. The van der Waals surface area contributed by atoms with E-state index in [9.17, 15) is 9.50 Å². The van der Waals surface area contributed by atoms with Crippen molar-refractivity contribution in [2.45, 2.75) is 102 Å². The highest BCUT2D eigenvalue weighted by atomic mass is 31.0. The lowest BCUT2D eigenvalue weighted by Crippen LogP contribution is -2.27. The van der Waals surface area contributed by atoms with Crippen molar-refractivity contribution in [2.24, 2.45) is 23.7 Å². The van der Waals surface area contributed by atoms with Crippen LogP contribution in [0.5, 0.6) is 0 Å². The average Bonchev–Trinajstić information content (AvgIpc) is 2.64. The molecule has 0 spiro atoms. The Labute approximate surface area is 151 Å². The van der Waals surface area contributed by atoms with E-state index < -0.39 is 0 Å². The minimum atomic E-state index is 0.0178. The minimum Gasteiger partial charge on any atom is -0.393 e. The van der Waals surface area contributed by atoms with Crippen LogP contribution in [0.4, 0.5) is 4.39 Å². The maximum Gasteiger partial charge on any atom is 0.0785 e. The summed E-state index contributed by atoms with van der Waals surface area (Å²) in [6.07, 6.45) is 19.7. The molecule has 142 valence electrons. The smallest absolute Gasteiger partial charge is 0.0785 e. The van der Waals surface area contributed by atoms with Crippen LogP contribution >= 0.6 is 9.24 Å². The zero-order valence-electron chi connectivity index (χ0n) is 15.8. The van der Waals surface area contributed by atoms with Crippen molar-refractivity contribution in [1.82, 2.24) is 0 Å². The number of aliphatic hydroxyl groups excluding tert-OH is 1. The standard InChI is InChI=1S/C20H37OP.CH3F/c21-19-11-9-18(10-12-19)17-7-3-15(4-8-17)1-2-16-5-13-20(22)14-6-16;1-2/h15-21H,1-14,22H2;1H3. The van der Waals surface area contributed by atoms with E-state index in [0.29, 0.717) is 7.18 Å². The van der Waals surface area contributed by atoms with Gasteiger partial charge in [0.05, 0.1) is 13.3 Å². The second kappa shape index (κ2) is 11.1. The monoisotopic (exact) mass is 358 g/mol. The molecule has 3 fully saturated rings. The molecule has 3 heteroatoms. The molecule has 0 radical (unpaired) electrons. The van der Waals surface area contributed by atoms with Gasteiger partial charge in [0.15, 0.2) is 0 Å². The number of halogens is 1. The van der Waals surface area contributed by atoms with Gasteiger partial charge in [0, 0.05) is 0 Å². The van der Waals surface area contributed by atoms with Crippen LogP contribution in [0, 0.1) is 23.7 Å². The van der Waals surface area contributed by atoms with Crippen molar-refractivity contribution < 1.29 is 9.50 Å². The Morgan fingerprint density at radius 3 is 1.50 bits per heavy atom. The van der Waals surface area contributed by atoms with Gasteiger partial charge in [-0.3, -0.25) is 4.39 Å². The van der Waals surface area contributed by atoms with Crippen LogP contribution in [-0.4, -0.2) is 24.0 Å². The summed E-state index contributed by atoms with van der Waals surface area (Å²) in [5, 5.41) is 9.68. The lowest BCUT2D eigenvalue weighted by molar-refractivity contribution is 0.0758. The Hall–Kier alpha value is 0.320. The molecule has 1 unspecified atom stereocenters. The number of aliphatic hydroxyl groups is 1. The SMILES string of the molecule is CF.OC1CCC(C2CCC(CCC3CCC(P)CC3)CC2)CC1. The Morgan fingerprint density at radius 2 is 1.04 bits per heavy atom. The van der Waals surface area contributed by atoms with Gasteiger partial charge in [0.1, 0.15) is 0 Å². The molecule has 0 heterocycles. The van der Waals surface area contributed by atoms with Crippen molar-refractivity contribution >= 4 is 9.24 Å². The molecule has 0 aliphatic heterocycles. The molecule has 1 atom stereocenters. The van der Waals surface area contributed by atoms with E-state index in [-0.39, 0.29) is 6.10 Å². The summed E-state index contributed by atoms with van der Waals surface area (Å²) in [7, 11) is 3.53. The second-order valence-electron chi connectivity index (χ2n) is 8.71. The van der Waals surface area contributed by atoms with Crippen LogP contribution in [0.1, 0.15) is 89.9 Å². The Balaban J connectivity index is 0.00000100. The zero-order valence-corrected chi connectivity index (χ0v) is 16.9. The van der Waals surface area contributed by atoms with Crippen molar-refractivity contribution in [3.05, 3.63) is 0 Å². The molecule has 0 amide bonds. The van der Waals surface area contributed by atoms with Crippen LogP contribution in [0.25, 0.3) is 0 Å². The predicted molar refractivity (Wildman–Crippen MR) is 105 cm³/mol. The Bertz CT molecular complexity index is 314. The summed E-state index contributed by atoms with van der Waals surface area (Å²) in [5.41, 5.74) is 0.917. The van der Waals surface area contributed by atoms with Gasteiger partial charge in [-0.25, -0.2) is 0 Å². The van der Waals surface area contributed by atoms with Crippen LogP contribution in [0.15, 0.2) is 0 Å². The lowest BCUT2D eigenvalue weighted by Gasteiger charge is -2.37. The topological polar surface area (TPSA) is 20.2 Å². The molecule has 0 aromatic heterocycles. The van der Waals surface area contributed by atoms with E-state index in [0.717, 1.165) is 42.2 Å². The second-order valence-corrected chi connectivity index (χ2v) is 9.65. The van der Waals surface area contributed by atoms with Crippen molar-refractivity contribution in [3.8, 4) is 0 Å². The van der Waals surface area contributed by atoms with Crippen LogP contribution in [0.2, 0.25) is 0 Å². The van der Waals surface area contributed by atoms with Crippen LogP contribution in [0.3, 0.4) is 0 Å². The molecule has 0 aromatic rings. The quantitative estimate of drug-likeness (QED) is 0.598. The number of hydrogen-bond acceptors (Lipinski definition) is 1. The Kier molecular flexibility index (Phi) is 9.56. The highest BCUT2D eigenvalue weighted by molar-refractivity contribution is 7.17.